The van der Waals surface area contributed by atoms with Crippen LogP contribution in [0.25, 0.3) is 0 Å². The molecule has 2 aliphatic heterocycles. The predicted octanol–water partition coefficient (Wildman–Crippen LogP) is 3.24. The summed E-state index contributed by atoms with van der Waals surface area (Å²) in [5, 5.41) is 8.95. The van der Waals surface area contributed by atoms with Gasteiger partial charge in [-0.15, -0.1) is 10.2 Å². The number of rotatable bonds is 4. The normalized spacial score (nSPS) is 18.2. The minimum Gasteiger partial charge on any atom is -0.355 e. The van der Waals surface area contributed by atoms with Crippen molar-refractivity contribution in [3.05, 3.63) is 47.5 Å². The second-order valence-corrected chi connectivity index (χ2v) is 8.25. The van der Waals surface area contributed by atoms with Gasteiger partial charge in [-0.25, -0.2) is 0 Å². The lowest BCUT2D eigenvalue weighted by atomic mass is 9.99. The lowest BCUT2D eigenvalue weighted by Crippen LogP contribution is -2.49. The van der Waals surface area contributed by atoms with Crippen molar-refractivity contribution in [2.24, 2.45) is 5.92 Å². The molecule has 1 aromatic carbocycles. The van der Waals surface area contributed by atoms with Crippen molar-refractivity contribution in [1.82, 2.24) is 15.1 Å². The Kier molecular flexibility index (Phi) is 5.97. The van der Waals surface area contributed by atoms with Crippen molar-refractivity contribution in [2.45, 2.75) is 33.1 Å². The third kappa shape index (κ3) is 4.52. The third-order valence-electron chi connectivity index (χ3n) is 6.24. The number of hydrogen-bond acceptors (Lipinski definition) is 5. The van der Waals surface area contributed by atoms with Crippen LogP contribution in [0, 0.1) is 5.92 Å². The highest BCUT2D eigenvalue weighted by Crippen LogP contribution is 2.22. The average molecular weight is 394 g/mol. The van der Waals surface area contributed by atoms with Crippen LogP contribution < -0.4 is 9.80 Å². The van der Waals surface area contributed by atoms with E-state index in [9.17, 15) is 4.79 Å². The minimum atomic E-state index is 0.119. The van der Waals surface area contributed by atoms with E-state index in [0.717, 1.165) is 55.7 Å². The summed E-state index contributed by atoms with van der Waals surface area (Å²) in [6, 6.07) is 12.1. The number of amides is 1. The first-order valence-electron chi connectivity index (χ1n) is 10.9. The number of carbonyl (C=O) groups is 1. The highest BCUT2D eigenvalue weighted by atomic mass is 16.2. The quantitative estimate of drug-likeness (QED) is 0.798. The molecule has 2 saturated heterocycles. The molecule has 0 bridgehead atoms. The third-order valence-corrected chi connectivity index (χ3v) is 6.24. The van der Waals surface area contributed by atoms with Gasteiger partial charge in [0.1, 0.15) is 0 Å². The molecule has 0 radical (unpaired) electrons. The van der Waals surface area contributed by atoms with E-state index in [1.165, 1.54) is 18.4 Å². The molecule has 6 nitrogen and oxygen atoms in total. The Bertz CT molecular complexity index is 804. The van der Waals surface area contributed by atoms with Gasteiger partial charge in [-0.3, -0.25) is 4.79 Å². The van der Waals surface area contributed by atoms with Gasteiger partial charge < -0.3 is 14.7 Å². The zero-order valence-electron chi connectivity index (χ0n) is 17.5. The SMILES string of the molecule is CCc1ccc(C(=O)N2CCN(c3ccc(N4CCC(C)CC4)nn3)CC2)cc1. The molecule has 0 unspecified atom stereocenters. The maximum atomic E-state index is 12.8. The summed E-state index contributed by atoms with van der Waals surface area (Å²) >= 11 is 0. The van der Waals surface area contributed by atoms with Gasteiger partial charge in [-0.05, 0) is 55.0 Å². The topological polar surface area (TPSA) is 52.6 Å². The number of carbonyl (C=O) groups excluding carboxylic acids is 1. The Balaban J connectivity index is 1.32. The van der Waals surface area contributed by atoms with Crippen molar-refractivity contribution in [1.29, 1.82) is 0 Å². The molecule has 154 valence electrons. The first-order chi connectivity index (χ1) is 14.1. The maximum absolute atomic E-state index is 12.8. The van der Waals surface area contributed by atoms with Gasteiger partial charge in [0.15, 0.2) is 11.6 Å². The average Bonchev–Trinajstić information content (AvgIpc) is 2.79. The van der Waals surface area contributed by atoms with Crippen molar-refractivity contribution < 1.29 is 4.79 Å². The summed E-state index contributed by atoms with van der Waals surface area (Å²) in [6.07, 6.45) is 3.44. The van der Waals surface area contributed by atoms with Crippen LogP contribution in [0.4, 0.5) is 11.6 Å². The zero-order chi connectivity index (χ0) is 20.2. The van der Waals surface area contributed by atoms with Gasteiger partial charge in [0.2, 0.25) is 0 Å². The monoisotopic (exact) mass is 393 g/mol. The van der Waals surface area contributed by atoms with Crippen molar-refractivity contribution >= 4 is 17.5 Å². The summed E-state index contributed by atoms with van der Waals surface area (Å²) in [5.74, 6) is 2.80. The van der Waals surface area contributed by atoms with Crippen LogP contribution in [-0.4, -0.2) is 60.3 Å². The van der Waals surface area contributed by atoms with Gasteiger partial charge >= 0.3 is 0 Å². The molecule has 0 N–H and O–H groups in total. The van der Waals surface area contributed by atoms with E-state index in [0.29, 0.717) is 13.1 Å². The van der Waals surface area contributed by atoms with Gasteiger partial charge in [-0.2, -0.15) is 0 Å². The summed E-state index contributed by atoms with van der Waals surface area (Å²) in [6.45, 7) is 9.56. The van der Waals surface area contributed by atoms with E-state index in [1.54, 1.807) is 0 Å². The fourth-order valence-electron chi connectivity index (χ4n) is 4.10. The lowest BCUT2D eigenvalue weighted by Gasteiger charge is -2.35. The van der Waals surface area contributed by atoms with Crippen LogP contribution in [0.15, 0.2) is 36.4 Å². The van der Waals surface area contributed by atoms with Crippen LogP contribution >= 0.6 is 0 Å². The molecule has 2 aromatic rings. The van der Waals surface area contributed by atoms with Crippen LogP contribution in [-0.2, 0) is 6.42 Å². The molecule has 1 aromatic heterocycles. The van der Waals surface area contributed by atoms with Crippen LogP contribution in [0.5, 0.6) is 0 Å². The van der Waals surface area contributed by atoms with Gasteiger partial charge in [0.25, 0.3) is 5.91 Å². The molecule has 0 spiro atoms. The van der Waals surface area contributed by atoms with E-state index >= 15 is 0 Å². The Morgan fingerprint density at radius 2 is 1.41 bits per heavy atom. The molecule has 0 saturated carbocycles. The highest BCUT2D eigenvalue weighted by Gasteiger charge is 2.23. The smallest absolute Gasteiger partial charge is 0.253 e. The molecule has 29 heavy (non-hydrogen) atoms. The largest absolute Gasteiger partial charge is 0.355 e. The molecule has 2 fully saturated rings. The fourth-order valence-corrected chi connectivity index (χ4v) is 4.10. The summed E-state index contributed by atoms with van der Waals surface area (Å²) < 4.78 is 0. The second-order valence-electron chi connectivity index (χ2n) is 8.25. The first kappa shape index (κ1) is 19.7. The van der Waals surface area contributed by atoms with Crippen molar-refractivity contribution in [3.8, 4) is 0 Å². The summed E-state index contributed by atoms with van der Waals surface area (Å²) in [4.78, 5) is 19.2. The molecule has 4 rings (SSSR count). The van der Waals surface area contributed by atoms with E-state index in [4.69, 9.17) is 0 Å². The van der Waals surface area contributed by atoms with E-state index in [2.05, 4.69) is 46.0 Å². The molecular formula is C23H31N5O. The molecule has 0 aliphatic carbocycles. The molecule has 1 amide bonds. The molecule has 2 aliphatic rings. The Hall–Kier alpha value is -2.63. The van der Waals surface area contributed by atoms with Crippen LogP contribution in [0.3, 0.4) is 0 Å². The second kappa shape index (κ2) is 8.80. The fraction of sp³-hybridized carbons (Fsp3) is 0.522. The van der Waals surface area contributed by atoms with Crippen LogP contribution in [0.1, 0.15) is 42.6 Å². The van der Waals surface area contributed by atoms with E-state index in [-0.39, 0.29) is 5.91 Å². The number of hydrogen-bond donors (Lipinski definition) is 0. The van der Waals surface area contributed by atoms with E-state index in [1.807, 2.05) is 29.2 Å². The molecule has 0 atom stereocenters. The maximum Gasteiger partial charge on any atom is 0.253 e. The Morgan fingerprint density at radius 3 is 1.93 bits per heavy atom. The summed E-state index contributed by atoms with van der Waals surface area (Å²) in [7, 11) is 0. The van der Waals surface area contributed by atoms with Crippen molar-refractivity contribution in [3.63, 3.8) is 0 Å². The first-order valence-corrected chi connectivity index (χ1v) is 10.9. The Morgan fingerprint density at radius 1 is 0.862 bits per heavy atom. The minimum absolute atomic E-state index is 0.119. The number of piperidine rings is 1. The van der Waals surface area contributed by atoms with E-state index < -0.39 is 0 Å². The molecule has 3 heterocycles. The predicted molar refractivity (Wildman–Crippen MR) is 117 cm³/mol. The highest BCUT2D eigenvalue weighted by molar-refractivity contribution is 5.94. The standard InChI is InChI=1S/C23H31N5O/c1-3-19-4-6-20(7-5-19)23(29)28-16-14-27(15-17-28)22-9-8-21(24-25-22)26-12-10-18(2)11-13-26/h4-9,18H,3,10-17H2,1-2H3. The number of benzene rings is 1. The zero-order valence-corrected chi connectivity index (χ0v) is 17.5. The number of anilines is 2. The van der Waals surface area contributed by atoms with Gasteiger partial charge in [0, 0.05) is 44.8 Å². The Labute approximate surface area is 173 Å². The van der Waals surface area contributed by atoms with Gasteiger partial charge in [-0.1, -0.05) is 26.0 Å². The molecule has 6 heteroatoms. The number of aryl methyl sites for hydroxylation is 1. The summed E-state index contributed by atoms with van der Waals surface area (Å²) in [5.41, 5.74) is 2.03. The number of aromatic nitrogens is 2. The van der Waals surface area contributed by atoms with Crippen LogP contribution in [0.2, 0.25) is 0 Å². The number of nitrogens with zero attached hydrogens (tertiary/aromatic N) is 5. The molecular weight excluding hydrogens is 362 g/mol. The van der Waals surface area contributed by atoms with Crippen molar-refractivity contribution in [2.75, 3.05) is 49.1 Å². The van der Waals surface area contributed by atoms with Gasteiger partial charge in [0.05, 0.1) is 0 Å². The number of piperazine rings is 1. The lowest BCUT2D eigenvalue weighted by molar-refractivity contribution is 0.0746.